The number of carbonyl (C=O) groups excluding carboxylic acids is 2. The molecule has 1 aromatic carbocycles. The Labute approximate surface area is 122 Å². The molecule has 0 saturated heterocycles. The monoisotopic (exact) mass is 285 g/mol. The maximum absolute atomic E-state index is 11.7. The fourth-order valence-electron chi connectivity index (χ4n) is 1.76. The summed E-state index contributed by atoms with van der Waals surface area (Å²) >= 11 is 0. The van der Waals surface area contributed by atoms with E-state index in [0.717, 1.165) is 0 Å². The number of nitrogens with zero attached hydrogens (tertiary/aromatic N) is 1. The Balaban J connectivity index is 2.18. The first-order chi connectivity index (χ1) is 10.1. The molecule has 0 aliphatic carbocycles. The highest BCUT2D eigenvalue weighted by Gasteiger charge is 2.11. The number of esters is 1. The van der Waals surface area contributed by atoms with E-state index in [-0.39, 0.29) is 5.91 Å². The van der Waals surface area contributed by atoms with E-state index < -0.39 is 5.97 Å². The van der Waals surface area contributed by atoms with Crippen molar-refractivity contribution >= 4 is 29.1 Å². The van der Waals surface area contributed by atoms with Crippen LogP contribution in [0.5, 0.6) is 0 Å². The van der Waals surface area contributed by atoms with Crippen molar-refractivity contribution in [3.8, 4) is 0 Å². The summed E-state index contributed by atoms with van der Waals surface area (Å²) in [5.41, 5.74) is 1.63. The van der Waals surface area contributed by atoms with Gasteiger partial charge in [-0.15, -0.1) is 0 Å². The number of ether oxygens (including phenoxy) is 1. The summed E-state index contributed by atoms with van der Waals surface area (Å²) in [6.45, 7) is 1.43. The highest BCUT2D eigenvalue weighted by atomic mass is 16.5. The predicted octanol–water partition coefficient (Wildman–Crippen LogP) is 2.57. The fourth-order valence-corrected chi connectivity index (χ4v) is 1.76. The molecule has 6 heteroatoms. The molecule has 1 aromatic heterocycles. The van der Waals surface area contributed by atoms with Gasteiger partial charge in [-0.3, -0.25) is 4.79 Å². The molecule has 0 saturated carbocycles. The third kappa shape index (κ3) is 3.79. The number of hydrogen-bond donors (Lipinski definition) is 2. The Morgan fingerprint density at radius 1 is 1.14 bits per heavy atom. The molecule has 0 aliphatic rings. The molecule has 1 amide bonds. The SMILES string of the molecule is COC(=O)c1ccccc1Nc1ccc(NC(C)=O)cn1. The highest BCUT2D eigenvalue weighted by Crippen LogP contribution is 2.21. The summed E-state index contributed by atoms with van der Waals surface area (Å²) in [4.78, 5) is 26.8. The second-order valence-corrected chi connectivity index (χ2v) is 4.28. The van der Waals surface area contributed by atoms with Gasteiger partial charge in [-0.25, -0.2) is 9.78 Å². The van der Waals surface area contributed by atoms with E-state index in [4.69, 9.17) is 4.74 Å². The minimum absolute atomic E-state index is 0.159. The molecule has 0 spiro atoms. The molecule has 21 heavy (non-hydrogen) atoms. The topological polar surface area (TPSA) is 80.3 Å². The van der Waals surface area contributed by atoms with Crippen molar-refractivity contribution in [3.63, 3.8) is 0 Å². The first-order valence-electron chi connectivity index (χ1n) is 6.28. The van der Waals surface area contributed by atoms with Gasteiger partial charge in [-0.1, -0.05) is 12.1 Å². The Bertz CT molecular complexity index is 653. The predicted molar refractivity (Wildman–Crippen MR) is 79.6 cm³/mol. The van der Waals surface area contributed by atoms with Crippen LogP contribution >= 0.6 is 0 Å². The van der Waals surface area contributed by atoms with Crippen molar-refractivity contribution in [2.45, 2.75) is 6.92 Å². The van der Waals surface area contributed by atoms with Gasteiger partial charge in [-0.2, -0.15) is 0 Å². The number of methoxy groups -OCH3 is 1. The average Bonchev–Trinajstić information content (AvgIpc) is 2.48. The Morgan fingerprint density at radius 2 is 1.90 bits per heavy atom. The number of anilines is 3. The van der Waals surface area contributed by atoms with Crippen molar-refractivity contribution in [1.29, 1.82) is 0 Å². The summed E-state index contributed by atoms with van der Waals surface area (Å²) in [5.74, 6) is -0.0260. The Hall–Kier alpha value is -2.89. The number of rotatable bonds is 4. The quantitative estimate of drug-likeness (QED) is 0.844. The van der Waals surface area contributed by atoms with Crippen molar-refractivity contribution < 1.29 is 14.3 Å². The van der Waals surface area contributed by atoms with Gasteiger partial charge >= 0.3 is 5.97 Å². The number of amides is 1. The van der Waals surface area contributed by atoms with E-state index in [0.29, 0.717) is 22.8 Å². The summed E-state index contributed by atoms with van der Waals surface area (Å²) < 4.78 is 4.73. The van der Waals surface area contributed by atoms with Gasteiger partial charge in [0, 0.05) is 6.92 Å². The van der Waals surface area contributed by atoms with Crippen LogP contribution in [-0.2, 0) is 9.53 Å². The minimum atomic E-state index is -0.423. The van der Waals surface area contributed by atoms with Gasteiger partial charge in [0.2, 0.25) is 5.91 Å². The van der Waals surface area contributed by atoms with Crippen molar-refractivity contribution in [1.82, 2.24) is 4.98 Å². The zero-order valence-corrected chi connectivity index (χ0v) is 11.7. The van der Waals surface area contributed by atoms with E-state index in [1.807, 2.05) is 0 Å². The summed E-state index contributed by atoms with van der Waals surface area (Å²) in [5, 5.41) is 5.67. The van der Waals surface area contributed by atoms with Crippen LogP contribution in [0.1, 0.15) is 17.3 Å². The van der Waals surface area contributed by atoms with Gasteiger partial charge in [0.15, 0.2) is 0 Å². The maximum atomic E-state index is 11.7. The van der Waals surface area contributed by atoms with Gasteiger partial charge in [0.1, 0.15) is 5.82 Å². The lowest BCUT2D eigenvalue weighted by atomic mass is 10.2. The molecule has 0 fully saturated rings. The maximum Gasteiger partial charge on any atom is 0.339 e. The summed E-state index contributed by atoms with van der Waals surface area (Å²) in [6.07, 6.45) is 1.53. The van der Waals surface area contributed by atoms with Crippen LogP contribution in [0.3, 0.4) is 0 Å². The van der Waals surface area contributed by atoms with Crippen LogP contribution in [0, 0.1) is 0 Å². The number of aromatic nitrogens is 1. The third-order valence-corrected chi connectivity index (χ3v) is 2.68. The number of hydrogen-bond acceptors (Lipinski definition) is 5. The molecule has 0 radical (unpaired) electrons. The van der Waals surface area contributed by atoms with E-state index in [1.165, 1.54) is 20.2 Å². The van der Waals surface area contributed by atoms with Crippen LogP contribution in [-0.4, -0.2) is 24.0 Å². The second kappa shape index (κ2) is 6.51. The first kappa shape index (κ1) is 14.5. The molecule has 2 N–H and O–H groups in total. The molecular weight excluding hydrogens is 270 g/mol. The number of nitrogens with one attached hydrogen (secondary N) is 2. The lowest BCUT2D eigenvalue weighted by Gasteiger charge is -2.10. The molecule has 2 rings (SSSR count). The van der Waals surface area contributed by atoms with Crippen LogP contribution < -0.4 is 10.6 Å². The zero-order valence-electron chi connectivity index (χ0n) is 11.7. The van der Waals surface area contributed by atoms with Crippen molar-refractivity contribution in [2.75, 3.05) is 17.7 Å². The average molecular weight is 285 g/mol. The lowest BCUT2D eigenvalue weighted by Crippen LogP contribution is -2.07. The first-order valence-corrected chi connectivity index (χ1v) is 6.28. The molecule has 1 heterocycles. The van der Waals surface area contributed by atoms with Crippen LogP contribution in [0.4, 0.5) is 17.2 Å². The molecule has 0 atom stereocenters. The molecule has 0 bridgehead atoms. The van der Waals surface area contributed by atoms with Gasteiger partial charge in [0.25, 0.3) is 0 Å². The third-order valence-electron chi connectivity index (χ3n) is 2.68. The largest absolute Gasteiger partial charge is 0.465 e. The second-order valence-electron chi connectivity index (χ2n) is 4.28. The van der Waals surface area contributed by atoms with Crippen molar-refractivity contribution in [2.24, 2.45) is 0 Å². The van der Waals surface area contributed by atoms with Gasteiger partial charge in [0.05, 0.1) is 30.2 Å². The molecular formula is C15H15N3O3. The number of pyridine rings is 1. The highest BCUT2D eigenvalue weighted by molar-refractivity contribution is 5.96. The van der Waals surface area contributed by atoms with Crippen LogP contribution in [0.25, 0.3) is 0 Å². The summed E-state index contributed by atoms with van der Waals surface area (Å²) in [7, 11) is 1.33. The fraction of sp³-hybridized carbons (Fsp3) is 0.133. The standard InChI is InChI=1S/C15H15N3O3/c1-10(19)17-11-7-8-14(16-9-11)18-13-6-4-3-5-12(13)15(20)21-2/h3-9H,1-2H3,(H,16,18)(H,17,19). The zero-order chi connectivity index (χ0) is 15.2. The molecule has 6 nitrogen and oxygen atoms in total. The van der Waals surface area contributed by atoms with E-state index in [9.17, 15) is 9.59 Å². The number of para-hydroxylation sites is 1. The Morgan fingerprint density at radius 3 is 2.52 bits per heavy atom. The molecule has 108 valence electrons. The van der Waals surface area contributed by atoms with Crippen molar-refractivity contribution in [3.05, 3.63) is 48.2 Å². The van der Waals surface area contributed by atoms with E-state index >= 15 is 0 Å². The van der Waals surface area contributed by atoms with E-state index in [2.05, 4.69) is 15.6 Å². The minimum Gasteiger partial charge on any atom is -0.465 e. The van der Waals surface area contributed by atoms with Gasteiger partial charge in [-0.05, 0) is 24.3 Å². The van der Waals surface area contributed by atoms with Crippen LogP contribution in [0.15, 0.2) is 42.6 Å². The summed E-state index contributed by atoms with van der Waals surface area (Å²) in [6, 6.07) is 10.4. The Kier molecular flexibility index (Phi) is 4.50. The number of carbonyl (C=O) groups is 2. The molecule has 2 aromatic rings. The molecule has 0 unspecified atom stereocenters. The van der Waals surface area contributed by atoms with Crippen LogP contribution in [0.2, 0.25) is 0 Å². The van der Waals surface area contributed by atoms with Gasteiger partial charge < -0.3 is 15.4 Å². The number of benzene rings is 1. The lowest BCUT2D eigenvalue weighted by molar-refractivity contribution is -0.114. The molecule has 0 aliphatic heterocycles. The smallest absolute Gasteiger partial charge is 0.339 e. The van der Waals surface area contributed by atoms with E-state index in [1.54, 1.807) is 36.4 Å². The normalized spacial score (nSPS) is 9.81.